The lowest BCUT2D eigenvalue weighted by atomic mass is 10.1. The number of hydrogen-bond donors (Lipinski definition) is 1. The first-order chi connectivity index (χ1) is 17.2. The number of hydrogen-bond acceptors (Lipinski definition) is 6. The Balaban J connectivity index is 1.50. The summed E-state index contributed by atoms with van der Waals surface area (Å²) in [6.07, 6.45) is 0.801. The fourth-order valence-corrected chi connectivity index (χ4v) is 3.78. The molecule has 2 aromatic carbocycles. The molecule has 0 aliphatic carbocycles. The molecule has 4 rings (SSSR count). The summed E-state index contributed by atoms with van der Waals surface area (Å²) >= 11 is 0. The largest absolute Gasteiger partial charge is 0.485 e. The van der Waals surface area contributed by atoms with Gasteiger partial charge in [0.25, 0.3) is 11.8 Å². The highest BCUT2D eigenvalue weighted by Crippen LogP contribution is 2.34. The van der Waals surface area contributed by atoms with Crippen LogP contribution in [0.2, 0.25) is 0 Å². The Morgan fingerprint density at radius 2 is 1.92 bits per heavy atom. The molecule has 2 heterocycles. The highest BCUT2D eigenvalue weighted by Gasteiger charge is 2.28. The molecule has 0 saturated heterocycles. The van der Waals surface area contributed by atoms with E-state index < -0.39 is 0 Å². The van der Waals surface area contributed by atoms with Crippen molar-refractivity contribution in [3.05, 3.63) is 76.7 Å². The number of carbonyl (C=O) groups excluding carboxylic acids is 3. The number of amides is 2. The minimum Gasteiger partial charge on any atom is -0.485 e. The Labute approximate surface area is 210 Å². The molecule has 8 nitrogen and oxygen atoms in total. The van der Waals surface area contributed by atoms with Crippen LogP contribution >= 0.6 is 0 Å². The zero-order valence-electron chi connectivity index (χ0n) is 20.9. The third-order valence-electron chi connectivity index (χ3n) is 6.12. The average molecular weight is 491 g/mol. The van der Waals surface area contributed by atoms with E-state index in [2.05, 4.69) is 5.32 Å². The maximum absolute atomic E-state index is 12.9. The van der Waals surface area contributed by atoms with E-state index >= 15 is 0 Å². The summed E-state index contributed by atoms with van der Waals surface area (Å²) < 4.78 is 17.0. The molecule has 2 amide bonds. The van der Waals surface area contributed by atoms with E-state index in [1.807, 2.05) is 45.9 Å². The van der Waals surface area contributed by atoms with Crippen LogP contribution in [0.15, 0.2) is 52.9 Å². The second kappa shape index (κ2) is 10.7. The number of nitrogens with one attached hydrogen (secondary N) is 1. The van der Waals surface area contributed by atoms with Crippen LogP contribution < -0.4 is 19.7 Å². The summed E-state index contributed by atoms with van der Waals surface area (Å²) in [5.41, 5.74) is 2.85. The molecule has 8 heteroatoms. The Morgan fingerprint density at radius 3 is 2.69 bits per heavy atom. The van der Waals surface area contributed by atoms with Gasteiger partial charge in [0.2, 0.25) is 0 Å². The lowest BCUT2D eigenvalue weighted by Crippen LogP contribution is -2.38. The second-order valence-corrected chi connectivity index (χ2v) is 8.98. The topological polar surface area (TPSA) is 98.1 Å². The van der Waals surface area contributed by atoms with E-state index in [-0.39, 0.29) is 49.2 Å². The predicted molar refractivity (Wildman–Crippen MR) is 135 cm³/mol. The van der Waals surface area contributed by atoms with Crippen LogP contribution in [-0.4, -0.2) is 36.9 Å². The molecular formula is C28H30N2O6. The molecule has 0 fully saturated rings. The monoisotopic (exact) mass is 490 g/mol. The number of furan rings is 1. The first-order valence-electron chi connectivity index (χ1n) is 11.9. The van der Waals surface area contributed by atoms with E-state index in [1.165, 1.54) is 4.90 Å². The van der Waals surface area contributed by atoms with Crippen molar-refractivity contribution in [2.45, 2.75) is 46.7 Å². The molecule has 1 aromatic heterocycles. The number of anilines is 1. The van der Waals surface area contributed by atoms with Crippen molar-refractivity contribution in [2.24, 2.45) is 0 Å². The smallest absolute Gasteiger partial charge is 0.287 e. The van der Waals surface area contributed by atoms with Gasteiger partial charge in [-0.25, -0.2) is 0 Å². The molecular weight excluding hydrogens is 460 g/mol. The Bertz CT molecular complexity index is 1290. The number of benzene rings is 2. The number of Topliss-reactive ketones (excluding diaryl/α,β-unsaturated/α-hetero) is 1. The van der Waals surface area contributed by atoms with Crippen LogP contribution in [0.3, 0.4) is 0 Å². The van der Waals surface area contributed by atoms with E-state index in [0.29, 0.717) is 28.5 Å². The van der Waals surface area contributed by atoms with Crippen molar-refractivity contribution in [3.63, 3.8) is 0 Å². The molecule has 1 atom stereocenters. The zero-order valence-corrected chi connectivity index (χ0v) is 20.9. The fraction of sp³-hybridized carbons (Fsp3) is 0.321. The molecule has 0 radical (unpaired) electrons. The lowest BCUT2D eigenvalue weighted by Gasteiger charge is -2.29. The summed E-state index contributed by atoms with van der Waals surface area (Å²) in [6.45, 7) is 7.62. The van der Waals surface area contributed by atoms with E-state index in [4.69, 9.17) is 13.9 Å². The second-order valence-electron chi connectivity index (χ2n) is 8.98. The van der Waals surface area contributed by atoms with Gasteiger partial charge in [-0.15, -0.1) is 0 Å². The molecule has 3 aromatic rings. The third-order valence-corrected chi connectivity index (χ3v) is 6.12. The Hall–Kier alpha value is -4.07. The summed E-state index contributed by atoms with van der Waals surface area (Å²) in [6, 6.07) is 14.1. The molecule has 1 aliphatic heterocycles. The summed E-state index contributed by atoms with van der Waals surface area (Å²) in [5.74, 6) is 0.968. The fourth-order valence-electron chi connectivity index (χ4n) is 3.78. The van der Waals surface area contributed by atoms with Gasteiger partial charge in [-0.05, 0) is 74.7 Å². The highest BCUT2D eigenvalue weighted by molar-refractivity contribution is 6.02. The first-order valence-corrected chi connectivity index (χ1v) is 11.9. The zero-order chi connectivity index (χ0) is 25.8. The maximum Gasteiger partial charge on any atom is 0.287 e. The van der Waals surface area contributed by atoms with Crippen molar-refractivity contribution in [1.82, 2.24) is 5.32 Å². The summed E-state index contributed by atoms with van der Waals surface area (Å²) in [7, 11) is 0. The van der Waals surface area contributed by atoms with Crippen LogP contribution in [0, 0.1) is 13.8 Å². The molecule has 1 N–H and O–H groups in total. The quantitative estimate of drug-likeness (QED) is 0.440. The lowest BCUT2D eigenvalue weighted by molar-refractivity contribution is -0.121. The van der Waals surface area contributed by atoms with Gasteiger partial charge in [0, 0.05) is 11.6 Å². The van der Waals surface area contributed by atoms with E-state index in [9.17, 15) is 14.4 Å². The normalized spacial score (nSPS) is 13.6. The summed E-state index contributed by atoms with van der Waals surface area (Å²) in [4.78, 5) is 39.5. The van der Waals surface area contributed by atoms with Gasteiger partial charge in [-0.1, -0.05) is 19.1 Å². The van der Waals surface area contributed by atoms with Crippen molar-refractivity contribution in [1.29, 1.82) is 0 Å². The minimum absolute atomic E-state index is 0.0218. The Kier molecular flexibility index (Phi) is 7.43. The van der Waals surface area contributed by atoms with Gasteiger partial charge < -0.3 is 19.2 Å². The molecule has 0 saturated carbocycles. The highest BCUT2D eigenvalue weighted by atomic mass is 16.5. The van der Waals surface area contributed by atoms with Gasteiger partial charge in [0.1, 0.15) is 17.3 Å². The number of ketones is 1. The number of aryl methyl sites for hydroxylation is 2. The van der Waals surface area contributed by atoms with Crippen LogP contribution in [0.25, 0.3) is 0 Å². The number of rotatable bonds is 9. The maximum atomic E-state index is 12.9. The standard InChI is InChI=1S/C28H30N2O6/c1-5-19(4)29-28(33)25-11-9-21(36-25)14-30-22-13-20(8-10-24(22)35-16-27(30)32)23(31)15-34-26-12-17(2)6-7-18(26)3/h6-13,19H,5,14-16H2,1-4H3,(H,29,33)/t19-/m0/s1. The van der Waals surface area contributed by atoms with Crippen molar-refractivity contribution in [2.75, 3.05) is 18.1 Å². The minimum atomic E-state index is -0.305. The van der Waals surface area contributed by atoms with Crippen molar-refractivity contribution < 1.29 is 28.3 Å². The van der Waals surface area contributed by atoms with E-state index in [0.717, 1.165) is 17.5 Å². The SMILES string of the molecule is CC[C@H](C)NC(=O)c1ccc(CN2C(=O)COc3ccc(C(=O)COc4cc(C)ccc4C)cc32)o1. The van der Waals surface area contributed by atoms with Gasteiger partial charge >= 0.3 is 0 Å². The first kappa shape index (κ1) is 25.0. The number of carbonyl (C=O) groups is 3. The molecule has 0 spiro atoms. The van der Waals surface area contributed by atoms with Gasteiger partial charge in [0.05, 0.1) is 12.2 Å². The molecule has 188 valence electrons. The van der Waals surface area contributed by atoms with Crippen LogP contribution in [0.5, 0.6) is 11.5 Å². The molecule has 0 unspecified atom stereocenters. The van der Waals surface area contributed by atoms with Crippen LogP contribution in [-0.2, 0) is 11.3 Å². The van der Waals surface area contributed by atoms with Gasteiger partial charge in [-0.3, -0.25) is 19.3 Å². The van der Waals surface area contributed by atoms with Crippen molar-refractivity contribution >= 4 is 23.3 Å². The number of fused-ring (bicyclic) bond motifs is 1. The number of ether oxygens (including phenoxy) is 2. The summed E-state index contributed by atoms with van der Waals surface area (Å²) in [5, 5.41) is 2.85. The van der Waals surface area contributed by atoms with E-state index in [1.54, 1.807) is 30.3 Å². The average Bonchev–Trinajstić information content (AvgIpc) is 3.34. The van der Waals surface area contributed by atoms with Gasteiger partial charge in [-0.2, -0.15) is 0 Å². The molecule has 36 heavy (non-hydrogen) atoms. The Morgan fingerprint density at radius 1 is 1.11 bits per heavy atom. The van der Waals surface area contributed by atoms with Crippen molar-refractivity contribution in [3.8, 4) is 11.5 Å². The third kappa shape index (κ3) is 5.59. The van der Waals surface area contributed by atoms with Gasteiger partial charge in [0.15, 0.2) is 24.8 Å². The molecule has 1 aliphatic rings. The predicted octanol–water partition coefficient (Wildman–Crippen LogP) is 4.61. The van der Waals surface area contributed by atoms with Crippen LogP contribution in [0.4, 0.5) is 5.69 Å². The molecule has 0 bridgehead atoms. The van der Waals surface area contributed by atoms with Crippen LogP contribution in [0.1, 0.15) is 58.1 Å². The number of nitrogens with zero attached hydrogens (tertiary/aromatic N) is 1.